The molecular formula is C25H24FN5O2. The first-order chi connectivity index (χ1) is 16.1. The highest BCUT2D eigenvalue weighted by atomic mass is 19.1. The second-order valence-electron chi connectivity index (χ2n) is 8.42. The molecule has 0 amide bonds. The molecule has 1 aromatic heterocycles. The molecule has 1 unspecified atom stereocenters. The SMILES string of the molecule is COc1ccc(F)cc1CN1CCN(CC2=CC(=O)n3c(nc4ccccc43)C2C#N)CC1. The van der Waals surface area contributed by atoms with Gasteiger partial charge in [0.25, 0.3) is 5.91 Å². The molecule has 5 rings (SSSR count). The molecule has 168 valence electrons. The average Bonchev–Trinajstić information content (AvgIpc) is 3.21. The molecule has 0 aliphatic carbocycles. The van der Waals surface area contributed by atoms with E-state index in [2.05, 4.69) is 20.9 Å². The van der Waals surface area contributed by atoms with Crippen molar-refractivity contribution in [2.24, 2.45) is 0 Å². The third-order valence-electron chi connectivity index (χ3n) is 6.38. The first kappa shape index (κ1) is 21.3. The van der Waals surface area contributed by atoms with Crippen molar-refractivity contribution >= 4 is 16.9 Å². The number of hydrogen-bond acceptors (Lipinski definition) is 6. The zero-order chi connectivity index (χ0) is 22.9. The lowest BCUT2D eigenvalue weighted by Crippen LogP contribution is -2.47. The molecule has 1 atom stereocenters. The monoisotopic (exact) mass is 445 g/mol. The Kier molecular flexibility index (Phi) is 5.67. The molecule has 0 saturated carbocycles. The van der Waals surface area contributed by atoms with Gasteiger partial charge in [0.15, 0.2) is 0 Å². The number of nitriles is 1. The quantitative estimate of drug-likeness (QED) is 0.601. The van der Waals surface area contributed by atoms with Crippen LogP contribution >= 0.6 is 0 Å². The van der Waals surface area contributed by atoms with Crippen LogP contribution in [0.2, 0.25) is 0 Å². The van der Waals surface area contributed by atoms with Gasteiger partial charge in [0.1, 0.15) is 23.3 Å². The topological polar surface area (TPSA) is 74.4 Å². The van der Waals surface area contributed by atoms with Crippen LogP contribution in [0.5, 0.6) is 5.75 Å². The van der Waals surface area contributed by atoms with Crippen molar-refractivity contribution in [2.45, 2.75) is 12.5 Å². The maximum absolute atomic E-state index is 13.7. The molecule has 2 aromatic carbocycles. The summed E-state index contributed by atoms with van der Waals surface area (Å²) in [5.41, 5.74) is 3.06. The fourth-order valence-corrected chi connectivity index (χ4v) is 4.70. The maximum Gasteiger partial charge on any atom is 0.256 e. The molecule has 1 fully saturated rings. The number of aromatic nitrogens is 2. The zero-order valence-electron chi connectivity index (χ0n) is 18.4. The minimum absolute atomic E-state index is 0.156. The Balaban J connectivity index is 1.27. The van der Waals surface area contributed by atoms with Gasteiger partial charge in [0.05, 0.1) is 24.2 Å². The number of nitrogens with zero attached hydrogens (tertiary/aromatic N) is 5. The molecule has 0 N–H and O–H groups in total. The lowest BCUT2D eigenvalue weighted by atomic mass is 9.95. The van der Waals surface area contributed by atoms with Crippen molar-refractivity contribution < 1.29 is 13.9 Å². The Morgan fingerprint density at radius 2 is 1.85 bits per heavy atom. The summed E-state index contributed by atoms with van der Waals surface area (Å²) in [4.78, 5) is 22.0. The largest absolute Gasteiger partial charge is 0.496 e. The van der Waals surface area contributed by atoms with Gasteiger partial charge in [-0.15, -0.1) is 0 Å². The van der Waals surface area contributed by atoms with Gasteiger partial charge in [-0.2, -0.15) is 5.26 Å². The maximum atomic E-state index is 13.7. The Labute approximate surface area is 191 Å². The highest BCUT2D eigenvalue weighted by molar-refractivity contribution is 5.99. The molecule has 0 radical (unpaired) electrons. The molecule has 3 heterocycles. The number of imidazole rings is 1. The zero-order valence-corrected chi connectivity index (χ0v) is 18.4. The first-order valence-corrected chi connectivity index (χ1v) is 11.0. The fraction of sp³-hybridized carbons (Fsp3) is 0.320. The number of benzene rings is 2. The van der Waals surface area contributed by atoms with Crippen LogP contribution in [0.4, 0.5) is 4.39 Å². The summed E-state index contributed by atoms with van der Waals surface area (Å²) in [6.45, 7) is 4.34. The molecule has 0 bridgehead atoms. The van der Waals surface area contributed by atoms with E-state index in [4.69, 9.17) is 4.74 Å². The van der Waals surface area contributed by atoms with Crippen molar-refractivity contribution in [3.05, 3.63) is 71.3 Å². The summed E-state index contributed by atoms with van der Waals surface area (Å²) in [5.74, 6) is 0.205. The van der Waals surface area contributed by atoms with Gasteiger partial charge >= 0.3 is 0 Å². The molecule has 3 aromatic rings. The van der Waals surface area contributed by atoms with E-state index < -0.39 is 5.92 Å². The summed E-state index contributed by atoms with van der Waals surface area (Å²) in [6, 6.07) is 14.4. The standard InChI is InChI=1S/C25H24FN5O2/c1-33-23-7-6-19(26)12-18(23)16-30-10-8-29(9-11-30)15-17-13-24(32)31-22-5-3-2-4-21(22)28-25(31)20(17)14-27/h2-7,12-13,20H,8-11,15-16H2,1H3. The van der Waals surface area contributed by atoms with Crippen molar-refractivity contribution in [3.63, 3.8) is 0 Å². The van der Waals surface area contributed by atoms with Gasteiger partial charge in [-0.3, -0.25) is 19.2 Å². The smallest absolute Gasteiger partial charge is 0.256 e. The number of hydrogen-bond donors (Lipinski definition) is 0. The number of methoxy groups -OCH3 is 1. The number of para-hydroxylation sites is 2. The Bertz CT molecular complexity index is 1280. The van der Waals surface area contributed by atoms with Gasteiger partial charge < -0.3 is 4.74 Å². The van der Waals surface area contributed by atoms with Gasteiger partial charge in [-0.1, -0.05) is 12.1 Å². The molecule has 2 aliphatic rings. The van der Waals surface area contributed by atoms with Crippen LogP contribution in [-0.4, -0.2) is 65.1 Å². The molecule has 2 aliphatic heterocycles. The third-order valence-corrected chi connectivity index (χ3v) is 6.38. The van der Waals surface area contributed by atoms with Crippen molar-refractivity contribution in [2.75, 3.05) is 39.8 Å². The van der Waals surface area contributed by atoms with E-state index in [1.54, 1.807) is 23.8 Å². The molecule has 0 spiro atoms. The van der Waals surface area contributed by atoms with Crippen molar-refractivity contribution in [3.8, 4) is 11.8 Å². The molecular weight excluding hydrogens is 421 g/mol. The van der Waals surface area contributed by atoms with E-state index in [0.717, 1.165) is 48.3 Å². The first-order valence-electron chi connectivity index (χ1n) is 11.0. The van der Waals surface area contributed by atoms with Crippen LogP contribution in [0, 0.1) is 17.1 Å². The van der Waals surface area contributed by atoms with Gasteiger partial charge in [0, 0.05) is 50.9 Å². The lowest BCUT2D eigenvalue weighted by molar-refractivity contribution is 0.0960. The van der Waals surface area contributed by atoms with E-state index >= 15 is 0 Å². The van der Waals surface area contributed by atoms with Crippen LogP contribution in [0.25, 0.3) is 11.0 Å². The number of carbonyl (C=O) groups is 1. The van der Waals surface area contributed by atoms with Gasteiger partial charge in [0.2, 0.25) is 0 Å². The molecule has 1 saturated heterocycles. The summed E-state index contributed by atoms with van der Waals surface area (Å²) in [6.07, 6.45) is 1.60. The number of halogens is 1. The summed E-state index contributed by atoms with van der Waals surface area (Å²) >= 11 is 0. The third kappa shape index (κ3) is 4.01. The van der Waals surface area contributed by atoms with E-state index in [0.29, 0.717) is 24.7 Å². The lowest BCUT2D eigenvalue weighted by Gasteiger charge is -2.36. The average molecular weight is 445 g/mol. The fourth-order valence-electron chi connectivity index (χ4n) is 4.70. The number of ether oxygens (including phenoxy) is 1. The normalized spacial score (nSPS) is 19.2. The Morgan fingerprint density at radius 1 is 1.12 bits per heavy atom. The van der Waals surface area contributed by atoms with Crippen LogP contribution < -0.4 is 4.74 Å². The minimum atomic E-state index is -0.551. The second kappa shape index (κ2) is 8.77. The highest BCUT2D eigenvalue weighted by Gasteiger charge is 2.32. The van der Waals surface area contributed by atoms with E-state index in [1.807, 2.05) is 24.3 Å². The number of carbonyl (C=O) groups excluding carboxylic acids is 1. The Morgan fingerprint density at radius 3 is 2.58 bits per heavy atom. The van der Waals surface area contributed by atoms with E-state index in [9.17, 15) is 14.4 Å². The van der Waals surface area contributed by atoms with Crippen molar-refractivity contribution in [1.82, 2.24) is 19.4 Å². The summed E-state index contributed by atoms with van der Waals surface area (Å²) in [5, 5.41) is 9.90. The van der Waals surface area contributed by atoms with Crippen LogP contribution in [0.15, 0.2) is 54.1 Å². The molecule has 33 heavy (non-hydrogen) atoms. The Hall–Kier alpha value is -3.54. The van der Waals surface area contributed by atoms with Gasteiger partial charge in [-0.25, -0.2) is 9.37 Å². The second-order valence-corrected chi connectivity index (χ2v) is 8.42. The van der Waals surface area contributed by atoms with Gasteiger partial charge in [-0.05, 0) is 35.9 Å². The number of allylic oxidation sites excluding steroid dienone is 1. The number of rotatable bonds is 5. The molecule has 7 nitrogen and oxygen atoms in total. The van der Waals surface area contributed by atoms with Crippen LogP contribution in [0.3, 0.4) is 0 Å². The summed E-state index contributed by atoms with van der Waals surface area (Å²) < 4.78 is 20.6. The number of piperazine rings is 1. The predicted octanol–water partition coefficient (Wildman–Crippen LogP) is 3.19. The highest BCUT2D eigenvalue weighted by Crippen LogP contribution is 2.32. The predicted molar refractivity (Wildman–Crippen MR) is 121 cm³/mol. The number of fused-ring (bicyclic) bond motifs is 3. The minimum Gasteiger partial charge on any atom is -0.496 e. The van der Waals surface area contributed by atoms with E-state index in [-0.39, 0.29) is 11.7 Å². The van der Waals surface area contributed by atoms with E-state index in [1.165, 1.54) is 12.1 Å². The van der Waals surface area contributed by atoms with Crippen molar-refractivity contribution in [1.29, 1.82) is 5.26 Å². The molecule has 8 heteroatoms. The van der Waals surface area contributed by atoms with Crippen LogP contribution in [0.1, 0.15) is 22.1 Å². The van der Waals surface area contributed by atoms with Crippen LogP contribution in [-0.2, 0) is 6.54 Å². The summed E-state index contributed by atoms with van der Waals surface area (Å²) in [7, 11) is 1.59.